The van der Waals surface area contributed by atoms with Crippen molar-refractivity contribution in [2.24, 2.45) is 9.78 Å². The van der Waals surface area contributed by atoms with E-state index in [2.05, 4.69) is 9.08 Å². The highest BCUT2D eigenvalue weighted by Crippen LogP contribution is 2.16. The normalized spacial score (nSPS) is 14.7. The van der Waals surface area contributed by atoms with Crippen LogP contribution in [0.5, 0.6) is 0 Å². The maximum absolute atomic E-state index is 12.2. The predicted octanol–water partition coefficient (Wildman–Crippen LogP) is -0.403. The molecule has 0 radical (unpaired) electrons. The van der Waals surface area contributed by atoms with E-state index in [1.54, 1.807) is 6.07 Å². The van der Waals surface area contributed by atoms with E-state index in [9.17, 15) is 13.8 Å². The summed E-state index contributed by atoms with van der Waals surface area (Å²) in [6, 6.07) is 1.74. The van der Waals surface area contributed by atoms with Gasteiger partial charge in [-0.2, -0.15) is 5.26 Å². The number of nitriles is 1. The van der Waals surface area contributed by atoms with Gasteiger partial charge in [-0.25, -0.2) is 13.2 Å². The van der Waals surface area contributed by atoms with Gasteiger partial charge in [0, 0.05) is 14.1 Å². The van der Waals surface area contributed by atoms with Gasteiger partial charge in [0.05, 0.1) is 6.07 Å². The molecule has 0 aliphatic rings. The summed E-state index contributed by atoms with van der Waals surface area (Å²) in [6.45, 7) is 2.07. The van der Waals surface area contributed by atoms with Gasteiger partial charge in [0.1, 0.15) is 12.0 Å². The molecule has 0 bridgehead atoms. The van der Waals surface area contributed by atoms with Gasteiger partial charge in [-0.1, -0.05) is 0 Å². The number of hydrogen-bond donors (Lipinski definition) is 2. The zero-order valence-corrected chi connectivity index (χ0v) is 11.4. The molecule has 0 rings (SSSR count). The molecule has 0 heterocycles. The number of hydrogen-bond acceptors (Lipinski definition) is 4. The van der Waals surface area contributed by atoms with Gasteiger partial charge in [0.15, 0.2) is 10.1 Å². The fourth-order valence-corrected chi connectivity index (χ4v) is 1.92. The minimum Gasteiger partial charge on any atom is -0.480 e. The smallest absolute Gasteiger partial charge is 0.318 e. The van der Waals surface area contributed by atoms with Crippen LogP contribution in [-0.4, -0.2) is 46.1 Å². The Morgan fingerprint density at radius 1 is 1.50 bits per heavy atom. The molecule has 0 aliphatic heterocycles. The van der Waals surface area contributed by atoms with Crippen molar-refractivity contribution in [2.75, 3.05) is 20.6 Å². The lowest BCUT2D eigenvalue weighted by Crippen LogP contribution is -2.40. The molecule has 0 spiro atoms. The number of amides is 1. The van der Waals surface area contributed by atoms with Crippen molar-refractivity contribution >= 4 is 22.0 Å². The molecule has 18 heavy (non-hydrogen) atoms. The third kappa shape index (κ3) is 4.40. The lowest BCUT2D eigenvalue weighted by molar-refractivity contribution is -0.135. The largest absolute Gasteiger partial charge is 0.480 e. The molecule has 0 fully saturated rings. The van der Waals surface area contributed by atoms with Crippen molar-refractivity contribution in [1.82, 2.24) is 9.03 Å². The van der Waals surface area contributed by atoms with E-state index in [0.29, 0.717) is 0 Å². The van der Waals surface area contributed by atoms with Gasteiger partial charge in [-0.15, -0.1) is 4.36 Å². The maximum Gasteiger partial charge on any atom is 0.318 e. The first-order chi connectivity index (χ1) is 8.05. The number of rotatable bonds is 5. The summed E-state index contributed by atoms with van der Waals surface area (Å²) < 4.78 is 18.9. The molecule has 1 unspecified atom stereocenters. The number of aliphatic carboxylic acids is 1. The van der Waals surface area contributed by atoms with E-state index < -0.39 is 33.9 Å². The van der Waals surface area contributed by atoms with Crippen LogP contribution in [0, 0.1) is 16.7 Å². The van der Waals surface area contributed by atoms with Crippen molar-refractivity contribution in [3.8, 4) is 6.07 Å². The number of carboxylic acid groups (broad SMARTS) is 1. The SMILES string of the molecule is CN(C)S(=O)(=NC(=O)C(C)(C)C#N)NCC(=O)O. The highest BCUT2D eigenvalue weighted by molar-refractivity contribution is 7.89. The monoisotopic (exact) mass is 276 g/mol. The van der Waals surface area contributed by atoms with E-state index in [0.717, 1.165) is 4.31 Å². The molecule has 102 valence electrons. The maximum atomic E-state index is 12.2. The number of carbonyl (C=O) groups is 2. The Morgan fingerprint density at radius 2 is 2.00 bits per heavy atom. The summed E-state index contributed by atoms with van der Waals surface area (Å²) in [6.07, 6.45) is 0. The fraction of sp³-hybridized carbons (Fsp3) is 0.667. The first kappa shape index (κ1) is 16.5. The molecule has 8 nitrogen and oxygen atoms in total. The second-order valence-corrected chi connectivity index (χ2v) is 6.35. The quantitative estimate of drug-likeness (QED) is 0.707. The molecule has 0 aromatic rings. The van der Waals surface area contributed by atoms with E-state index in [4.69, 9.17) is 10.4 Å². The molecule has 0 saturated heterocycles. The standard InChI is InChI=1S/C9H16N4O4S/c1-9(2,6-10)8(16)12-18(17,13(3)4)11-5-7(14)15/h5H2,1-4H3,(H,14,15)(H,11,12,16,17). The molecular weight excluding hydrogens is 260 g/mol. The lowest BCUT2D eigenvalue weighted by Gasteiger charge is -2.18. The Bertz CT molecular complexity index is 497. The van der Waals surface area contributed by atoms with Gasteiger partial charge in [-0.05, 0) is 13.8 Å². The van der Waals surface area contributed by atoms with Crippen molar-refractivity contribution in [2.45, 2.75) is 13.8 Å². The Labute approximate surface area is 106 Å². The Balaban J connectivity index is 5.38. The second-order valence-electron chi connectivity index (χ2n) is 4.16. The summed E-state index contributed by atoms with van der Waals surface area (Å²) >= 11 is 0. The van der Waals surface area contributed by atoms with Crippen molar-refractivity contribution in [1.29, 1.82) is 5.26 Å². The first-order valence-corrected chi connectivity index (χ1v) is 6.39. The molecule has 2 N–H and O–H groups in total. The van der Waals surface area contributed by atoms with Crippen LogP contribution in [0.25, 0.3) is 0 Å². The zero-order valence-electron chi connectivity index (χ0n) is 10.6. The number of carboxylic acids is 1. The van der Waals surface area contributed by atoms with Crippen LogP contribution in [0.2, 0.25) is 0 Å². The van der Waals surface area contributed by atoms with Crippen LogP contribution in [0.3, 0.4) is 0 Å². The average molecular weight is 276 g/mol. The second kappa shape index (κ2) is 5.90. The highest BCUT2D eigenvalue weighted by atomic mass is 32.2. The van der Waals surface area contributed by atoms with Crippen LogP contribution in [0.1, 0.15) is 13.8 Å². The molecule has 1 atom stereocenters. The zero-order chi connectivity index (χ0) is 14.6. The summed E-state index contributed by atoms with van der Waals surface area (Å²) in [5.41, 5.74) is -1.41. The molecule has 0 aromatic heterocycles. The van der Waals surface area contributed by atoms with Crippen LogP contribution in [-0.2, 0) is 19.7 Å². The third-order valence-corrected chi connectivity index (χ3v) is 3.85. The van der Waals surface area contributed by atoms with Crippen LogP contribution in [0.4, 0.5) is 0 Å². The van der Waals surface area contributed by atoms with Gasteiger partial charge >= 0.3 is 5.97 Å². The number of nitrogens with zero attached hydrogens (tertiary/aromatic N) is 3. The van der Waals surface area contributed by atoms with Gasteiger partial charge in [0.25, 0.3) is 5.91 Å². The molecule has 0 aliphatic carbocycles. The topological polar surface area (TPSA) is 123 Å². The average Bonchev–Trinajstić information content (AvgIpc) is 2.26. The number of carbonyl (C=O) groups excluding carboxylic acids is 1. The molecule has 0 saturated carbocycles. The predicted molar refractivity (Wildman–Crippen MR) is 64.3 cm³/mol. The summed E-state index contributed by atoms with van der Waals surface area (Å²) in [5.74, 6) is -2.10. The summed E-state index contributed by atoms with van der Waals surface area (Å²) in [4.78, 5) is 22.1. The highest BCUT2D eigenvalue weighted by Gasteiger charge is 2.29. The van der Waals surface area contributed by atoms with Gasteiger partial charge in [-0.3, -0.25) is 9.59 Å². The molecule has 9 heteroatoms. The Hall–Kier alpha value is -1.50. The van der Waals surface area contributed by atoms with E-state index in [1.807, 2.05) is 0 Å². The summed E-state index contributed by atoms with van der Waals surface area (Å²) in [7, 11) is -0.602. The molecular formula is C9H16N4O4S. The van der Waals surface area contributed by atoms with E-state index >= 15 is 0 Å². The van der Waals surface area contributed by atoms with Crippen molar-refractivity contribution in [3.05, 3.63) is 0 Å². The lowest BCUT2D eigenvalue weighted by atomic mass is 9.95. The fourth-order valence-electron chi connectivity index (χ4n) is 0.673. The third-order valence-electron chi connectivity index (χ3n) is 1.93. The van der Waals surface area contributed by atoms with Crippen LogP contribution < -0.4 is 4.72 Å². The molecule has 0 aromatic carbocycles. The Morgan fingerprint density at radius 3 is 2.33 bits per heavy atom. The van der Waals surface area contributed by atoms with E-state index in [-0.39, 0.29) is 0 Å². The van der Waals surface area contributed by atoms with Crippen molar-refractivity contribution < 1.29 is 18.9 Å². The van der Waals surface area contributed by atoms with Gasteiger partial charge in [0.2, 0.25) is 0 Å². The van der Waals surface area contributed by atoms with Crippen molar-refractivity contribution in [3.63, 3.8) is 0 Å². The summed E-state index contributed by atoms with van der Waals surface area (Å²) in [5, 5.41) is 17.3. The van der Waals surface area contributed by atoms with Gasteiger partial charge < -0.3 is 5.11 Å². The minimum absolute atomic E-state index is 0.610. The first-order valence-electron chi connectivity index (χ1n) is 4.92. The van der Waals surface area contributed by atoms with E-state index in [1.165, 1.54) is 27.9 Å². The Kier molecular flexibility index (Phi) is 5.41. The molecule has 1 amide bonds. The van der Waals surface area contributed by atoms with Crippen LogP contribution in [0.15, 0.2) is 4.36 Å². The minimum atomic E-state index is -3.37. The van der Waals surface area contributed by atoms with Crippen LogP contribution >= 0.6 is 0 Å². The number of nitrogens with one attached hydrogen (secondary N) is 1.